The summed E-state index contributed by atoms with van der Waals surface area (Å²) in [4.78, 5) is 5.46. The lowest BCUT2D eigenvalue weighted by Gasteiger charge is -2.28. The molecule has 0 aliphatic carbocycles. The minimum atomic E-state index is -2.49. The molecule has 0 fully saturated rings. The van der Waals surface area contributed by atoms with E-state index in [1.165, 1.54) is 31.8 Å². The lowest BCUT2D eigenvalue weighted by molar-refractivity contribution is 0.820. The van der Waals surface area contributed by atoms with Gasteiger partial charge in [-0.15, -0.1) is 0 Å². The van der Waals surface area contributed by atoms with Crippen molar-refractivity contribution in [2.45, 2.75) is 19.9 Å². The molecule has 0 bridgehead atoms. The molecule has 0 N–H and O–H groups in total. The molecule has 0 aliphatic rings. The summed E-state index contributed by atoms with van der Waals surface area (Å²) in [6.07, 6.45) is 0. The van der Waals surface area contributed by atoms with Crippen molar-refractivity contribution in [3.63, 3.8) is 0 Å². The number of aliphatic imine (C=N–C) groups is 1. The fourth-order valence-corrected chi connectivity index (χ4v) is 14.8. The van der Waals surface area contributed by atoms with Gasteiger partial charge in [-0.25, -0.2) is 0 Å². The monoisotopic (exact) mass is 773 g/mol. The molecule has 0 radical (unpaired) electrons. The van der Waals surface area contributed by atoms with Crippen LogP contribution in [0.2, 0.25) is 0 Å². The smallest absolute Gasteiger partial charge is 0.0745 e. The van der Waals surface area contributed by atoms with Crippen molar-refractivity contribution in [2.24, 2.45) is 14.5 Å². The van der Waals surface area contributed by atoms with Gasteiger partial charge < -0.3 is 0 Å². The van der Waals surface area contributed by atoms with Crippen LogP contribution in [0.25, 0.3) is 0 Å². The van der Waals surface area contributed by atoms with E-state index in [0.29, 0.717) is 0 Å². The lowest BCUT2D eigenvalue weighted by atomic mass is 10.1. The normalized spacial score (nSPS) is 12.4. The Kier molecular flexibility index (Phi) is 11.5. The van der Waals surface area contributed by atoms with Gasteiger partial charge in [-0.1, -0.05) is 218 Å². The fourth-order valence-electron chi connectivity index (χ4n) is 7.65. The maximum absolute atomic E-state index is 5.90. The fraction of sp³-hybridized carbons (Fsp3) is 0.0577. The molecule has 8 aromatic rings. The number of benzene rings is 8. The highest BCUT2D eigenvalue weighted by Crippen LogP contribution is 2.51. The van der Waals surface area contributed by atoms with Crippen LogP contribution >= 0.6 is 14.1 Å². The van der Waals surface area contributed by atoms with Crippen LogP contribution in [0.5, 0.6) is 0 Å². The van der Waals surface area contributed by atoms with Gasteiger partial charge >= 0.3 is 0 Å². The number of hydrogen-bond donors (Lipinski definition) is 0. The summed E-state index contributed by atoms with van der Waals surface area (Å²) in [6.45, 7) is 4.30. The highest BCUT2D eigenvalue weighted by atomic mass is 31.2. The van der Waals surface area contributed by atoms with Crippen LogP contribution in [-0.4, -0.2) is 5.71 Å². The van der Waals surface area contributed by atoms with Crippen molar-refractivity contribution in [1.82, 2.24) is 0 Å². The van der Waals surface area contributed by atoms with Crippen LogP contribution in [0, 0.1) is 0 Å². The molecule has 0 aliphatic heterocycles. The average Bonchev–Trinajstić information content (AvgIpc) is 3.29. The first-order valence-electron chi connectivity index (χ1n) is 19.4. The Labute approximate surface area is 337 Å². The zero-order valence-electron chi connectivity index (χ0n) is 32.3. The van der Waals surface area contributed by atoms with Crippen LogP contribution < -0.4 is 31.8 Å². The first-order chi connectivity index (χ1) is 28.1. The van der Waals surface area contributed by atoms with E-state index in [0.717, 1.165) is 28.2 Å². The van der Waals surface area contributed by atoms with E-state index < -0.39 is 14.1 Å². The summed E-state index contributed by atoms with van der Waals surface area (Å²) >= 11 is 0. The van der Waals surface area contributed by atoms with E-state index in [1.54, 1.807) is 0 Å². The Bertz CT molecular complexity index is 2490. The van der Waals surface area contributed by atoms with Gasteiger partial charge in [0, 0.05) is 48.7 Å². The Morgan fingerprint density at radius 3 is 1.00 bits per heavy atom. The zero-order chi connectivity index (χ0) is 38.9. The molecule has 0 heterocycles. The highest BCUT2D eigenvalue weighted by Gasteiger charge is 2.29. The van der Waals surface area contributed by atoms with Gasteiger partial charge in [-0.05, 0) is 26.0 Å². The second-order valence-corrected chi connectivity index (χ2v) is 20.0. The van der Waals surface area contributed by atoms with Crippen LogP contribution in [0.3, 0.4) is 0 Å². The van der Waals surface area contributed by atoms with Crippen LogP contribution in [0.1, 0.15) is 31.0 Å². The van der Waals surface area contributed by atoms with E-state index >= 15 is 0 Å². The quantitative estimate of drug-likeness (QED) is 0.0927. The van der Waals surface area contributed by atoms with Crippen LogP contribution in [0.4, 0.5) is 11.4 Å². The predicted molar refractivity (Wildman–Crippen MR) is 248 cm³/mol. The average molecular weight is 774 g/mol. The molecule has 0 saturated carbocycles. The summed E-state index contributed by atoms with van der Waals surface area (Å²) in [5.74, 6) is 0. The van der Waals surface area contributed by atoms with E-state index in [4.69, 9.17) is 14.5 Å². The first kappa shape index (κ1) is 37.8. The minimum Gasteiger partial charge on any atom is -0.281 e. The SMILES string of the molecule is CC(=NC(C)c1ccccc1N=P(c1ccccc1)(c1ccccc1)c1ccccc1)c1ccccc1N=P(c1ccccc1)(c1ccccc1)c1ccccc1. The summed E-state index contributed by atoms with van der Waals surface area (Å²) in [6, 6.07) is 81.6. The molecule has 0 saturated heterocycles. The van der Waals surface area contributed by atoms with Gasteiger partial charge in [0.2, 0.25) is 0 Å². The molecule has 278 valence electrons. The third kappa shape index (κ3) is 7.70. The zero-order valence-corrected chi connectivity index (χ0v) is 34.0. The molecule has 1 atom stereocenters. The summed E-state index contributed by atoms with van der Waals surface area (Å²) in [7, 11) is -4.98. The van der Waals surface area contributed by atoms with Crippen LogP contribution in [-0.2, 0) is 0 Å². The van der Waals surface area contributed by atoms with Crippen molar-refractivity contribution in [3.8, 4) is 0 Å². The maximum atomic E-state index is 5.90. The van der Waals surface area contributed by atoms with Crippen molar-refractivity contribution in [1.29, 1.82) is 0 Å². The van der Waals surface area contributed by atoms with E-state index in [2.05, 4.69) is 244 Å². The lowest BCUT2D eigenvalue weighted by Crippen LogP contribution is -2.25. The summed E-state index contributed by atoms with van der Waals surface area (Å²) < 4.78 is 11.8. The van der Waals surface area contributed by atoms with Gasteiger partial charge in [-0.3, -0.25) is 14.5 Å². The van der Waals surface area contributed by atoms with Crippen LogP contribution in [0.15, 0.2) is 245 Å². The second kappa shape index (κ2) is 17.4. The van der Waals surface area contributed by atoms with Gasteiger partial charge in [0.25, 0.3) is 0 Å². The molecule has 1 unspecified atom stereocenters. The minimum absolute atomic E-state index is 0.181. The molecule has 0 aromatic heterocycles. The molecule has 0 spiro atoms. The highest BCUT2D eigenvalue weighted by molar-refractivity contribution is 7.88. The standard InChI is InChI=1S/C52H45N3P2/c1-41(49-37-21-23-39-51(49)54-56(43-25-9-3-10-26-43,44-27-11-4-12-28-44)45-29-13-5-14-30-45)53-42(2)50-38-22-24-40-52(50)55-57(46-31-15-6-16-32-46,47-33-17-7-18-34-47)48-35-19-8-20-36-48/h3-41H,1-2H3. The van der Waals surface area contributed by atoms with Crippen molar-refractivity contribution in [2.75, 3.05) is 0 Å². The van der Waals surface area contributed by atoms with Gasteiger partial charge in [0.15, 0.2) is 0 Å². The molecule has 8 rings (SSSR count). The van der Waals surface area contributed by atoms with E-state index in [9.17, 15) is 0 Å². The number of rotatable bonds is 11. The van der Waals surface area contributed by atoms with E-state index in [1.807, 2.05) is 0 Å². The second-order valence-electron chi connectivity index (χ2n) is 14.0. The maximum Gasteiger partial charge on any atom is 0.0745 e. The third-order valence-corrected chi connectivity index (χ3v) is 17.7. The van der Waals surface area contributed by atoms with Crippen molar-refractivity contribution >= 4 is 63.0 Å². The summed E-state index contributed by atoms with van der Waals surface area (Å²) in [5, 5.41) is 7.25. The molecular formula is C52H45N3P2. The molecule has 5 heteroatoms. The summed E-state index contributed by atoms with van der Waals surface area (Å²) in [5.41, 5.74) is 4.91. The molecule has 8 aromatic carbocycles. The Morgan fingerprint density at radius 2 is 0.632 bits per heavy atom. The third-order valence-electron chi connectivity index (χ3n) is 10.4. The van der Waals surface area contributed by atoms with Gasteiger partial charge in [0.05, 0.1) is 31.5 Å². The molecule has 0 amide bonds. The first-order valence-corrected chi connectivity index (χ1v) is 22.9. The number of hydrogen-bond acceptors (Lipinski definition) is 3. The Hall–Kier alpha value is -6.11. The van der Waals surface area contributed by atoms with Crippen molar-refractivity contribution < 1.29 is 0 Å². The van der Waals surface area contributed by atoms with Crippen molar-refractivity contribution in [3.05, 3.63) is 242 Å². The molecule has 3 nitrogen and oxygen atoms in total. The largest absolute Gasteiger partial charge is 0.281 e. The predicted octanol–water partition coefficient (Wildman–Crippen LogP) is 11.9. The Balaban J connectivity index is 1.30. The van der Waals surface area contributed by atoms with Gasteiger partial charge in [-0.2, -0.15) is 0 Å². The van der Waals surface area contributed by atoms with E-state index in [-0.39, 0.29) is 6.04 Å². The topological polar surface area (TPSA) is 37.1 Å². The number of nitrogens with zero attached hydrogens (tertiary/aromatic N) is 3. The molecule has 57 heavy (non-hydrogen) atoms. The molecular weight excluding hydrogens is 729 g/mol. The Morgan fingerprint density at radius 1 is 0.351 bits per heavy atom. The van der Waals surface area contributed by atoms with Gasteiger partial charge in [0.1, 0.15) is 0 Å².